The molecule has 0 spiro atoms. The summed E-state index contributed by atoms with van der Waals surface area (Å²) >= 11 is 0. The van der Waals surface area contributed by atoms with Crippen molar-refractivity contribution in [3.8, 4) is 0 Å². The lowest BCUT2D eigenvalue weighted by molar-refractivity contribution is -0.143. The first-order chi connectivity index (χ1) is 13.5. The third kappa shape index (κ3) is 4.11. The molecule has 2 fully saturated rings. The van der Waals surface area contributed by atoms with Gasteiger partial charge in [0.2, 0.25) is 17.7 Å². The van der Waals surface area contributed by atoms with Crippen LogP contribution in [0.4, 0.5) is 0 Å². The maximum absolute atomic E-state index is 13.2. The number of carbonyl (C=O) groups is 3. The minimum Gasteiger partial charge on any atom is -0.342 e. The predicted molar refractivity (Wildman–Crippen MR) is 107 cm³/mol. The first-order valence-electron chi connectivity index (χ1n) is 10.0. The Morgan fingerprint density at radius 1 is 1.14 bits per heavy atom. The van der Waals surface area contributed by atoms with Gasteiger partial charge in [0.15, 0.2) is 0 Å². The van der Waals surface area contributed by atoms with E-state index in [-0.39, 0.29) is 17.7 Å². The van der Waals surface area contributed by atoms with E-state index in [0.717, 1.165) is 37.9 Å². The van der Waals surface area contributed by atoms with Crippen LogP contribution in [0.15, 0.2) is 43.0 Å². The number of carbonyl (C=O) groups excluding carboxylic acids is 3. The van der Waals surface area contributed by atoms with Crippen LogP contribution in [0.5, 0.6) is 0 Å². The van der Waals surface area contributed by atoms with Crippen LogP contribution in [0.1, 0.15) is 38.2 Å². The molecule has 2 saturated heterocycles. The van der Waals surface area contributed by atoms with E-state index in [1.165, 1.54) is 6.08 Å². The number of amides is 3. The molecule has 2 atom stereocenters. The molecule has 1 aromatic rings. The van der Waals surface area contributed by atoms with E-state index < -0.39 is 11.6 Å². The van der Waals surface area contributed by atoms with Gasteiger partial charge in [-0.1, -0.05) is 36.9 Å². The summed E-state index contributed by atoms with van der Waals surface area (Å²) in [5, 5.41) is 2.98. The molecule has 6 heteroatoms. The van der Waals surface area contributed by atoms with Crippen LogP contribution in [-0.2, 0) is 20.8 Å². The number of benzene rings is 1. The quantitative estimate of drug-likeness (QED) is 0.763. The standard InChI is InChI=1S/C22H29N3O3/c1-3-19(26)25-15-9-12-22(25,2)21(28)23-18(16-17-10-5-4-6-11-17)20(27)24-13-7-8-14-24/h3-6,10-11,18H,1,7-9,12-16H2,2H3,(H,23,28)/t18-,22+/m0/s1. The molecule has 6 nitrogen and oxygen atoms in total. The zero-order valence-electron chi connectivity index (χ0n) is 16.5. The number of hydrogen-bond acceptors (Lipinski definition) is 3. The highest BCUT2D eigenvalue weighted by Gasteiger charge is 2.46. The van der Waals surface area contributed by atoms with Gasteiger partial charge in [0.25, 0.3) is 0 Å². The maximum atomic E-state index is 13.2. The van der Waals surface area contributed by atoms with E-state index in [1.54, 1.807) is 11.8 Å². The van der Waals surface area contributed by atoms with Gasteiger partial charge in [-0.15, -0.1) is 0 Å². The average Bonchev–Trinajstić information content (AvgIpc) is 3.37. The smallest absolute Gasteiger partial charge is 0.246 e. The summed E-state index contributed by atoms with van der Waals surface area (Å²) in [6, 6.07) is 9.07. The molecular formula is C22H29N3O3. The van der Waals surface area contributed by atoms with Crippen LogP contribution in [0, 0.1) is 0 Å². The van der Waals surface area contributed by atoms with Crippen LogP contribution in [0.25, 0.3) is 0 Å². The van der Waals surface area contributed by atoms with Gasteiger partial charge < -0.3 is 15.1 Å². The molecule has 28 heavy (non-hydrogen) atoms. The Hall–Kier alpha value is -2.63. The summed E-state index contributed by atoms with van der Waals surface area (Å²) in [6.45, 7) is 7.31. The second-order valence-electron chi connectivity index (χ2n) is 7.82. The van der Waals surface area contributed by atoms with E-state index in [1.807, 2.05) is 35.2 Å². The minimum atomic E-state index is -0.953. The van der Waals surface area contributed by atoms with E-state index in [2.05, 4.69) is 11.9 Å². The molecule has 2 aliphatic rings. The van der Waals surface area contributed by atoms with Crippen molar-refractivity contribution in [3.63, 3.8) is 0 Å². The van der Waals surface area contributed by atoms with E-state index in [0.29, 0.717) is 19.4 Å². The van der Waals surface area contributed by atoms with Crippen LogP contribution in [0.2, 0.25) is 0 Å². The first kappa shape index (κ1) is 20.1. The highest BCUT2D eigenvalue weighted by Crippen LogP contribution is 2.30. The van der Waals surface area contributed by atoms with Gasteiger partial charge >= 0.3 is 0 Å². The summed E-state index contributed by atoms with van der Waals surface area (Å²) in [4.78, 5) is 41.9. The van der Waals surface area contributed by atoms with E-state index >= 15 is 0 Å². The topological polar surface area (TPSA) is 69.7 Å². The van der Waals surface area contributed by atoms with Gasteiger partial charge in [0, 0.05) is 26.1 Å². The monoisotopic (exact) mass is 383 g/mol. The lowest BCUT2D eigenvalue weighted by Crippen LogP contribution is -2.59. The number of nitrogens with zero attached hydrogens (tertiary/aromatic N) is 2. The van der Waals surface area contributed by atoms with Crippen molar-refractivity contribution in [2.75, 3.05) is 19.6 Å². The van der Waals surface area contributed by atoms with Crippen molar-refractivity contribution in [2.24, 2.45) is 0 Å². The van der Waals surface area contributed by atoms with Crippen molar-refractivity contribution < 1.29 is 14.4 Å². The van der Waals surface area contributed by atoms with Crippen molar-refractivity contribution >= 4 is 17.7 Å². The van der Waals surface area contributed by atoms with Gasteiger partial charge in [-0.05, 0) is 44.2 Å². The predicted octanol–water partition coefficient (Wildman–Crippen LogP) is 1.90. The summed E-state index contributed by atoms with van der Waals surface area (Å²) in [6.07, 6.45) is 5.01. The number of rotatable bonds is 6. The Morgan fingerprint density at radius 3 is 2.46 bits per heavy atom. The minimum absolute atomic E-state index is 0.0436. The van der Waals surface area contributed by atoms with Crippen LogP contribution in [0.3, 0.4) is 0 Å². The fraction of sp³-hybridized carbons (Fsp3) is 0.500. The molecule has 1 N–H and O–H groups in total. The van der Waals surface area contributed by atoms with Crippen molar-refractivity contribution in [1.29, 1.82) is 0 Å². The summed E-state index contributed by atoms with van der Waals surface area (Å²) < 4.78 is 0. The molecule has 2 aliphatic heterocycles. The number of hydrogen-bond donors (Lipinski definition) is 1. The van der Waals surface area contributed by atoms with Gasteiger partial charge in [-0.2, -0.15) is 0 Å². The fourth-order valence-corrected chi connectivity index (χ4v) is 4.18. The summed E-state index contributed by atoms with van der Waals surface area (Å²) in [7, 11) is 0. The SMILES string of the molecule is C=CC(=O)N1CCC[C@]1(C)C(=O)N[C@@H](Cc1ccccc1)C(=O)N1CCCC1. The van der Waals surface area contributed by atoms with Crippen LogP contribution >= 0.6 is 0 Å². The lowest BCUT2D eigenvalue weighted by Gasteiger charge is -2.35. The molecule has 150 valence electrons. The molecule has 0 saturated carbocycles. The molecule has 0 bridgehead atoms. The van der Waals surface area contributed by atoms with E-state index in [9.17, 15) is 14.4 Å². The lowest BCUT2D eigenvalue weighted by atomic mass is 9.95. The molecule has 2 heterocycles. The summed E-state index contributed by atoms with van der Waals surface area (Å²) in [5.41, 5.74) is 0.0434. The van der Waals surface area contributed by atoms with Gasteiger partial charge in [-0.3, -0.25) is 14.4 Å². The Balaban J connectivity index is 1.79. The largest absolute Gasteiger partial charge is 0.342 e. The van der Waals surface area contributed by atoms with E-state index in [4.69, 9.17) is 0 Å². The fourth-order valence-electron chi connectivity index (χ4n) is 4.18. The third-order valence-electron chi connectivity index (χ3n) is 5.87. The molecule has 3 amide bonds. The second-order valence-corrected chi connectivity index (χ2v) is 7.82. The number of likely N-dealkylation sites (tertiary alicyclic amines) is 2. The Morgan fingerprint density at radius 2 is 1.82 bits per heavy atom. The van der Waals surface area contributed by atoms with Crippen LogP contribution in [-0.4, -0.2) is 58.7 Å². The van der Waals surface area contributed by atoms with Gasteiger partial charge in [0.1, 0.15) is 11.6 Å². The first-order valence-corrected chi connectivity index (χ1v) is 10.0. The van der Waals surface area contributed by atoms with Crippen LogP contribution < -0.4 is 5.32 Å². The maximum Gasteiger partial charge on any atom is 0.246 e. The Kier molecular flexibility index (Phi) is 6.17. The average molecular weight is 383 g/mol. The zero-order valence-corrected chi connectivity index (χ0v) is 16.5. The molecule has 3 rings (SSSR count). The zero-order chi connectivity index (χ0) is 20.1. The molecule has 0 aliphatic carbocycles. The van der Waals surface area contributed by atoms with Gasteiger partial charge in [-0.25, -0.2) is 0 Å². The Labute approximate surface area is 166 Å². The highest BCUT2D eigenvalue weighted by molar-refractivity contribution is 5.97. The highest BCUT2D eigenvalue weighted by atomic mass is 16.2. The number of nitrogens with one attached hydrogen (secondary N) is 1. The Bertz CT molecular complexity index is 743. The second kappa shape index (κ2) is 8.59. The molecular weight excluding hydrogens is 354 g/mol. The van der Waals surface area contributed by atoms with Crippen molar-refractivity contribution in [1.82, 2.24) is 15.1 Å². The van der Waals surface area contributed by atoms with Gasteiger partial charge in [0.05, 0.1) is 0 Å². The molecule has 0 radical (unpaired) electrons. The summed E-state index contributed by atoms with van der Waals surface area (Å²) in [5.74, 6) is -0.563. The van der Waals surface area contributed by atoms with Crippen molar-refractivity contribution in [3.05, 3.63) is 48.6 Å². The molecule has 0 aromatic heterocycles. The molecule has 1 aromatic carbocycles. The third-order valence-corrected chi connectivity index (χ3v) is 5.87. The molecule has 0 unspecified atom stereocenters. The van der Waals surface area contributed by atoms with Crippen molar-refractivity contribution in [2.45, 2.75) is 50.6 Å². The normalized spacial score (nSPS) is 22.8.